The topological polar surface area (TPSA) is 38.3 Å². The molecule has 1 unspecified atom stereocenters. The van der Waals surface area contributed by atoms with Crippen molar-refractivity contribution in [2.45, 2.75) is 31.8 Å². The van der Waals surface area contributed by atoms with Crippen molar-refractivity contribution in [3.63, 3.8) is 0 Å². The van der Waals surface area contributed by atoms with E-state index < -0.39 is 0 Å². The molecule has 5 heteroatoms. The summed E-state index contributed by atoms with van der Waals surface area (Å²) in [6.45, 7) is 5.96. The molecule has 0 heterocycles. The van der Waals surface area contributed by atoms with Crippen molar-refractivity contribution >= 4 is 39.3 Å². The molecule has 1 amide bonds. The minimum atomic E-state index is -0.134. The quantitative estimate of drug-likeness (QED) is 0.702. The average Bonchev–Trinajstić information content (AvgIpc) is 2.56. The van der Waals surface area contributed by atoms with Crippen LogP contribution in [0.2, 0.25) is 0 Å². The number of amides is 1. The predicted octanol–water partition coefficient (Wildman–Crippen LogP) is 5.33. The van der Waals surface area contributed by atoms with Crippen LogP contribution in [-0.2, 0) is 10.5 Å². The molecule has 0 fully saturated rings. The Morgan fingerprint density at radius 1 is 1.25 bits per heavy atom. The zero-order chi connectivity index (χ0) is 17.7. The summed E-state index contributed by atoms with van der Waals surface area (Å²) in [4.78, 5) is 12.4. The number of ether oxygens (including phenoxy) is 1. The van der Waals surface area contributed by atoms with Gasteiger partial charge < -0.3 is 10.1 Å². The number of thioether (sulfide) groups is 1. The van der Waals surface area contributed by atoms with E-state index in [0.717, 1.165) is 38.4 Å². The van der Waals surface area contributed by atoms with Gasteiger partial charge >= 0.3 is 0 Å². The highest BCUT2D eigenvalue weighted by Crippen LogP contribution is 2.28. The van der Waals surface area contributed by atoms with Crippen LogP contribution < -0.4 is 10.1 Å². The Labute approximate surface area is 156 Å². The van der Waals surface area contributed by atoms with Crippen LogP contribution in [0.4, 0.5) is 5.69 Å². The lowest BCUT2D eigenvalue weighted by molar-refractivity contribution is -0.115. The third-order valence-corrected chi connectivity index (χ3v) is 5.57. The first kappa shape index (κ1) is 18.9. The maximum Gasteiger partial charge on any atom is 0.237 e. The fourth-order valence-electron chi connectivity index (χ4n) is 2.20. The molecule has 1 atom stereocenters. The summed E-state index contributed by atoms with van der Waals surface area (Å²) in [5.74, 6) is 1.61. The van der Waals surface area contributed by atoms with Gasteiger partial charge in [-0.3, -0.25) is 4.79 Å². The average molecular weight is 408 g/mol. The van der Waals surface area contributed by atoms with E-state index in [2.05, 4.69) is 21.2 Å². The van der Waals surface area contributed by atoms with Gasteiger partial charge in [-0.25, -0.2) is 0 Å². The van der Waals surface area contributed by atoms with Crippen LogP contribution in [0.1, 0.15) is 23.6 Å². The summed E-state index contributed by atoms with van der Waals surface area (Å²) in [5.41, 5.74) is 4.25. The van der Waals surface area contributed by atoms with E-state index in [-0.39, 0.29) is 11.2 Å². The van der Waals surface area contributed by atoms with Crippen LogP contribution >= 0.6 is 27.7 Å². The summed E-state index contributed by atoms with van der Waals surface area (Å²) in [7, 11) is 1.65. The first-order chi connectivity index (χ1) is 11.4. The molecule has 0 saturated carbocycles. The largest absolute Gasteiger partial charge is 0.496 e. The minimum absolute atomic E-state index is 0.0290. The second-order valence-electron chi connectivity index (χ2n) is 5.73. The lowest BCUT2D eigenvalue weighted by Crippen LogP contribution is -2.23. The Bertz CT molecular complexity index is 733. The Balaban J connectivity index is 1.94. The number of methoxy groups -OCH3 is 1. The van der Waals surface area contributed by atoms with Gasteiger partial charge in [0.25, 0.3) is 0 Å². The highest BCUT2D eigenvalue weighted by Gasteiger charge is 2.15. The number of carbonyl (C=O) groups is 1. The molecule has 0 spiro atoms. The van der Waals surface area contributed by atoms with Crippen molar-refractivity contribution in [3.05, 3.63) is 57.6 Å². The normalized spacial score (nSPS) is 11.9. The van der Waals surface area contributed by atoms with Crippen molar-refractivity contribution in [1.29, 1.82) is 0 Å². The predicted molar refractivity (Wildman–Crippen MR) is 106 cm³/mol. The molecular formula is C19H22BrNO2S. The summed E-state index contributed by atoms with van der Waals surface area (Å²) in [6, 6.07) is 12.1. The van der Waals surface area contributed by atoms with Crippen LogP contribution in [0, 0.1) is 13.8 Å². The Morgan fingerprint density at radius 2 is 2.00 bits per heavy atom. The maximum absolute atomic E-state index is 12.4. The molecule has 3 nitrogen and oxygen atoms in total. The van der Waals surface area contributed by atoms with E-state index in [1.54, 1.807) is 18.9 Å². The van der Waals surface area contributed by atoms with Gasteiger partial charge in [0.1, 0.15) is 5.75 Å². The van der Waals surface area contributed by atoms with Crippen LogP contribution in [-0.4, -0.2) is 18.3 Å². The first-order valence-corrected chi connectivity index (χ1v) is 9.57. The van der Waals surface area contributed by atoms with Crippen molar-refractivity contribution in [2.75, 3.05) is 12.4 Å². The lowest BCUT2D eigenvalue weighted by atomic mass is 10.1. The second kappa shape index (κ2) is 8.58. The molecule has 0 aromatic heterocycles. The molecule has 0 saturated heterocycles. The number of nitrogens with one attached hydrogen (secondary N) is 1. The summed E-state index contributed by atoms with van der Waals surface area (Å²) >= 11 is 5.10. The number of carbonyl (C=O) groups excluding carboxylic acids is 1. The highest BCUT2D eigenvalue weighted by molar-refractivity contribution is 9.10. The molecule has 0 radical (unpaired) electrons. The minimum Gasteiger partial charge on any atom is -0.496 e. The van der Waals surface area contributed by atoms with E-state index in [4.69, 9.17) is 4.74 Å². The number of hydrogen-bond acceptors (Lipinski definition) is 3. The van der Waals surface area contributed by atoms with Crippen LogP contribution in [0.5, 0.6) is 5.75 Å². The van der Waals surface area contributed by atoms with Gasteiger partial charge in [0, 0.05) is 11.4 Å². The van der Waals surface area contributed by atoms with Gasteiger partial charge in [0.05, 0.1) is 16.8 Å². The smallest absolute Gasteiger partial charge is 0.237 e. The van der Waals surface area contributed by atoms with E-state index in [9.17, 15) is 4.79 Å². The molecule has 2 aromatic carbocycles. The summed E-state index contributed by atoms with van der Waals surface area (Å²) in [5, 5.41) is 2.89. The Kier molecular flexibility index (Phi) is 6.75. The van der Waals surface area contributed by atoms with E-state index in [1.807, 2.05) is 57.2 Å². The number of benzene rings is 2. The van der Waals surface area contributed by atoms with Crippen molar-refractivity contribution in [3.8, 4) is 5.75 Å². The number of rotatable bonds is 6. The number of anilines is 1. The van der Waals surface area contributed by atoms with Gasteiger partial charge in [-0.2, -0.15) is 0 Å². The summed E-state index contributed by atoms with van der Waals surface area (Å²) < 4.78 is 6.16. The van der Waals surface area contributed by atoms with Crippen LogP contribution in [0.25, 0.3) is 0 Å². The zero-order valence-electron chi connectivity index (χ0n) is 14.4. The van der Waals surface area contributed by atoms with Crippen molar-refractivity contribution in [2.24, 2.45) is 0 Å². The number of halogens is 1. The molecule has 0 aliphatic carbocycles. The van der Waals surface area contributed by atoms with Gasteiger partial charge in [0.15, 0.2) is 0 Å². The number of aryl methyl sites for hydroxylation is 2. The van der Waals surface area contributed by atoms with Crippen LogP contribution in [0.15, 0.2) is 40.9 Å². The molecule has 24 heavy (non-hydrogen) atoms. The third-order valence-electron chi connectivity index (χ3n) is 3.74. The first-order valence-electron chi connectivity index (χ1n) is 7.73. The lowest BCUT2D eigenvalue weighted by Gasteiger charge is -2.14. The van der Waals surface area contributed by atoms with Gasteiger partial charge in [-0.05, 0) is 71.6 Å². The molecular weight excluding hydrogens is 386 g/mol. The van der Waals surface area contributed by atoms with Gasteiger partial charge in [-0.1, -0.05) is 18.2 Å². The summed E-state index contributed by atoms with van der Waals surface area (Å²) in [6.07, 6.45) is 0. The maximum atomic E-state index is 12.4. The second-order valence-corrected chi connectivity index (χ2v) is 7.91. The number of hydrogen-bond donors (Lipinski definition) is 1. The third kappa shape index (κ3) is 5.02. The molecule has 1 N–H and O–H groups in total. The Hall–Kier alpha value is -1.46. The van der Waals surface area contributed by atoms with Crippen LogP contribution in [0.3, 0.4) is 0 Å². The van der Waals surface area contributed by atoms with E-state index >= 15 is 0 Å². The van der Waals surface area contributed by atoms with Gasteiger partial charge in [0.2, 0.25) is 5.91 Å². The van der Waals surface area contributed by atoms with Crippen molar-refractivity contribution < 1.29 is 9.53 Å². The zero-order valence-corrected chi connectivity index (χ0v) is 16.8. The van der Waals surface area contributed by atoms with Gasteiger partial charge in [-0.15, -0.1) is 11.8 Å². The molecule has 0 aliphatic heterocycles. The Morgan fingerprint density at radius 3 is 2.67 bits per heavy atom. The fourth-order valence-corrected chi connectivity index (χ4v) is 3.62. The monoisotopic (exact) mass is 407 g/mol. The molecule has 0 aliphatic rings. The highest BCUT2D eigenvalue weighted by atomic mass is 79.9. The van der Waals surface area contributed by atoms with Crippen molar-refractivity contribution in [1.82, 2.24) is 0 Å². The van der Waals surface area contributed by atoms with E-state index in [0.29, 0.717) is 0 Å². The molecule has 2 rings (SSSR count). The molecule has 128 valence electrons. The SMILES string of the molecule is COc1ccc(CSC(C)C(=O)Nc2cc(C)ccc2C)cc1Br. The van der Waals surface area contributed by atoms with E-state index in [1.165, 1.54) is 0 Å². The molecule has 2 aromatic rings. The fraction of sp³-hybridized carbons (Fsp3) is 0.316. The molecule has 0 bridgehead atoms. The standard InChI is InChI=1S/C19H22BrNO2S/c1-12-5-6-13(2)17(9-12)21-19(22)14(3)24-11-15-7-8-18(23-4)16(20)10-15/h5-10,14H,11H2,1-4H3,(H,21,22).